The number of nitrogens with zero attached hydrogens (tertiary/aromatic N) is 2. The maximum atomic E-state index is 6.43. The number of benzene rings is 8. The molecule has 0 unspecified atom stereocenters. The minimum absolute atomic E-state index is 0.147. The zero-order valence-corrected chi connectivity index (χ0v) is 30.0. The minimum atomic E-state index is -0.147. The Bertz CT molecular complexity index is 3130. The summed E-state index contributed by atoms with van der Waals surface area (Å²) in [4.78, 5) is 10.5. The predicted octanol–water partition coefficient (Wildman–Crippen LogP) is 13.7. The van der Waals surface area contributed by atoms with Crippen LogP contribution in [0.15, 0.2) is 174 Å². The van der Waals surface area contributed by atoms with E-state index in [9.17, 15) is 0 Å². The molecule has 2 heterocycles. The second kappa shape index (κ2) is 11.6. The van der Waals surface area contributed by atoms with Crippen LogP contribution in [0.5, 0.6) is 0 Å². The van der Waals surface area contributed by atoms with Crippen molar-refractivity contribution in [1.82, 2.24) is 9.97 Å². The highest BCUT2D eigenvalue weighted by atomic mass is 16.3. The molecule has 0 N–H and O–H groups in total. The van der Waals surface area contributed by atoms with E-state index in [4.69, 9.17) is 14.4 Å². The van der Waals surface area contributed by atoms with Gasteiger partial charge in [0.05, 0.1) is 11.4 Å². The molecule has 3 nitrogen and oxygen atoms in total. The fraction of sp³-hybridized carbons (Fsp3) is 0.0588. The molecule has 10 aromatic rings. The van der Waals surface area contributed by atoms with Crippen LogP contribution >= 0.6 is 0 Å². The van der Waals surface area contributed by atoms with Crippen LogP contribution in [0, 0.1) is 0 Å². The third-order valence-electron chi connectivity index (χ3n) is 11.5. The van der Waals surface area contributed by atoms with Crippen LogP contribution in [0.25, 0.3) is 99.6 Å². The van der Waals surface area contributed by atoms with Gasteiger partial charge < -0.3 is 4.42 Å². The summed E-state index contributed by atoms with van der Waals surface area (Å²) in [7, 11) is 0. The molecule has 254 valence electrons. The number of furan rings is 1. The first-order chi connectivity index (χ1) is 26.5. The molecule has 11 rings (SSSR count). The van der Waals surface area contributed by atoms with Gasteiger partial charge in [-0.1, -0.05) is 141 Å². The van der Waals surface area contributed by atoms with Gasteiger partial charge >= 0.3 is 0 Å². The fourth-order valence-electron chi connectivity index (χ4n) is 8.68. The summed E-state index contributed by atoms with van der Waals surface area (Å²) in [6, 6.07) is 60.6. The first kappa shape index (κ1) is 30.8. The van der Waals surface area contributed by atoms with Gasteiger partial charge in [-0.25, -0.2) is 9.97 Å². The Balaban J connectivity index is 1.08. The molecule has 0 radical (unpaired) electrons. The molecule has 1 aliphatic carbocycles. The topological polar surface area (TPSA) is 38.9 Å². The van der Waals surface area contributed by atoms with Gasteiger partial charge in [0.1, 0.15) is 11.2 Å². The van der Waals surface area contributed by atoms with E-state index in [1.165, 1.54) is 38.4 Å². The van der Waals surface area contributed by atoms with E-state index in [0.717, 1.165) is 66.5 Å². The standard InChI is InChI=1S/C51H34N2O/c1-51(2)43-21-11-20-40(48(43)42-28-34-15-6-7-16-35(34)29-44(42)51)46-30-45(52-50(53-46)32-13-4-3-5-14-32)37-18-10-17-33(26-37)36-23-25-47-41(27-36)39-24-22-31-12-8-9-19-38(31)49(39)54-47/h3-30H,1-2H3. The van der Waals surface area contributed by atoms with Gasteiger partial charge in [-0.2, -0.15) is 0 Å². The monoisotopic (exact) mass is 690 g/mol. The molecule has 0 amide bonds. The van der Waals surface area contributed by atoms with Gasteiger partial charge in [0.15, 0.2) is 5.82 Å². The fourth-order valence-corrected chi connectivity index (χ4v) is 8.68. The molecule has 0 saturated heterocycles. The molecule has 3 heteroatoms. The predicted molar refractivity (Wildman–Crippen MR) is 224 cm³/mol. The van der Waals surface area contributed by atoms with Crippen LogP contribution in [-0.2, 0) is 5.41 Å². The summed E-state index contributed by atoms with van der Waals surface area (Å²) in [5.74, 6) is 0.709. The van der Waals surface area contributed by atoms with Gasteiger partial charge in [0, 0.05) is 38.3 Å². The Morgan fingerprint density at radius 2 is 1.13 bits per heavy atom. The lowest BCUT2D eigenvalue weighted by atomic mass is 9.81. The number of fused-ring (bicyclic) bond motifs is 9. The Labute approximate surface area is 313 Å². The molecule has 0 atom stereocenters. The molecule has 0 fully saturated rings. The van der Waals surface area contributed by atoms with Crippen LogP contribution < -0.4 is 0 Å². The van der Waals surface area contributed by atoms with Crippen LogP contribution in [-0.4, -0.2) is 9.97 Å². The Morgan fingerprint density at radius 1 is 0.426 bits per heavy atom. The summed E-state index contributed by atoms with van der Waals surface area (Å²) in [6.07, 6.45) is 0. The summed E-state index contributed by atoms with van der Waals surface area (Å²) < 4.78 is 6.43. The highest BCUT2D eigenvalue weighted by molar-refractivity contribution is 6.15. The lowest BCUT2D eigenvalue weighted by molar-refractivity contribution is 0.661. The first-order valence-corrected chi connectivity index (χ1v) is 18.6. The Hall–Kier alpha value is -6.84. The van der Waals surface area contributed by atoms with Crippen LogP contribution in [0.4, 0.5) is 0 Å². The van der Waals surface area contributed by atoms with Crippen molar-refractivity contribution in [3.8, 4) is 56.2 Å². The Kier molecular flexibility index (Phi) is 6.60. The van der Waals surface area contributed by atoms with Crippen molar-refractivity contribution in [2.75, 3.05) is 0 Å². The molecule has 54 heavy (non-hydrogen) atoms. The molecule has 0 aliphatic heterocycles. The first-order valence-electron chi connectivity index (χ1n) is 18.6. The molecule has 2 aromatic heterocycles. The number of hydrogen-bond acceptors (Lipinski definition) is 3. The van der Waals surface area contributed by atoms with E-state index in [1.807, 2.05) is 18.2 Å². The van der Waals surface area contributed by atoms with Gasteiger partial charge in [-0.3, -0.25) is 0 Å². The molecule has 0 bridgehead atoms. The SMILES string of the molecule is CC1(C)c2cc3ccccc3cc2-c2c(-c3cc(-c4cccc(-c5ccc6oc7c8ccccc8ccc7c6c5)c4)nc(-c4ccccc4)n3)cccc21. The third-order valence-corrected chi connectivity index (χ3v) is 11.5. The molecule has 0 spiro atoms. The van der Waals surface area contributed by atoms with Gasteiger partial charge in [0.25, 0.3) is 0 Å². The Morgan fingerprint density at radius 3 is 2.00 bits per heavy atom. The normalized spacial score (nSPS) is 13.1. The van der Waals surface area contributed by atoms with Gasteiger partial charge in [0.2, 0.25) is 0 Å². The van der Waals surface area contributed by atoms with Crippen LogP contribution in [0.3, 0.4) is 0 Å². The summed E-state index contributed by atoms with van der Waals surface area (Å²) in [6.45, 7) is 4.68. The van der Waals surface area contributed by atoms with Crippen molar-refractivity contribution in [2.45, 2.75) is 19.3 Å². The maximum absolute atomic E-state index is 6.43. The van der Waals surface area contributed by atoms with E-state index in [-0.39, 0.29) is 5.41 Å². The molecule has 8 aromatic carbocycles. The van der Waals surface area contributed by atoms with Gasteiger partial charge in [-0.15, -0.1) is 0 Å². The second-order valence-corrected chi connectivity index (χ2v) is 15.0. The van der Waals surface area contributed by atoms with Crippen molar-refractivity contribution in [2.24, 2.45) is 0 Å². The summed E-state index contributed by atoms with van der Waals surface area (Å²) >= 11 is 0. The molecule has 1 aliphatic rings. The number of aromatic nitrogens is 2. The summed E-state index contributed by atoms with van der Waals surface area (Å²) in [5, 5.41) is 7.06. The lowest BCUT2D eigenvalue weighted by Gasteiger charge is -2.22. The highest BCUT2D eigenvalue weighted by Gasteiger charge is 2.37. The van der Waals surface area contributed by atoms with Crippen LogP contribution in [0.2, 0.25) is 0 Å². The lowest BCUT2D eigenvalue weighted by Crippen LogP contribution is -2.14. The van der Waals surface area contributed by atoms with Crippen molar-refractivity contribution < 1.29 is 4.42 Å². The zero-order valence-electron chi connectivity index (χ0n) is 30.0. The third kappa shape index (κ3) is 4.68. The molecular formula is C51H34N2O. The van der Waals surface area contributed by atoms with Crippen molar-refractivity contribution in [3.05, 3.63) is 181 Å². The van der Waals surface area contributed by atoms with Gasteiger partial charge in [-0.05, 0) is 92.0 Å². The average molecular weight is 691 g/mol. The van der Waals surface area contributed by atoms with Crippen molar-refractivity contribution in [1.29, 1.82) is 0 Å². The number of hydrogen-bond donors (Lipinski definition) is 0. The minimum Gasteiger partial charge on any atom is -0.455 e. The van der Waals surface area contributed by atoms with Crippen molar-refractivity contribution in [3.63, 3.8) is 0 Å². The van der Waals surface area contributed by atoms with Crippen LogP contribution in [0.1, 0.15) is 25.0 Å². The van der Waals surface area contributed by atoms with E-state index in [1.54, 1.807) is 0 Å². The smallest absolute Gasteiger partial charge is 0.160 e. The quantitative estimate of drug-likeness (QED) is 0.184. The summed E-state index contributed by atoms with van der Waals surface area (Å²) in [5.41, 5.74) is 14.1. The van der Waals surface area contributed by atoms with E-state index in [0.29, 0.717) is 5.82 Å². The number of rotatable bonds is 4. The van der Waals surface area contributed by atoms with E-state index < -0.39 is 0 Å². The highest BCUT2D eigenvalue weighted by Crippen LogP contribution is 2.53. The average Bonchev–Trinajstić information content (AvgIpc) is 3.71. The van der Waals surface area contributed by atoms with E-state index in [2.05, 4.69) is 166 Å². The zero-order chi connectivity index (χ0) is 36.0. The van der Waals surface area contributed by atoms with E-state index >= 15 is 0 Å². The second-order valence-electron chi connectivity index (χ2n) is 15.0. The van der Waals surface area contributed by atoms with Crippen molar-refractivity contribution >= 4 is 43.5 Å². The molecular weight excluding hydrogens is 657 g/mol. The molecule has 0 saturated carbocycles. The maximum Gasteiger partial charge on any atom is 0.160 e. The largest absolute Gasteiger partial charge is 0.455 e.